The van der Waals surface area contributed by atoms with Crippen LogP contribution >= 0.6 is 11.8 Å². The van der Waals surface area contributed by atoms with E-state index in [4.69, 9.17) is 5.41 Å². The number of amidine groups is 1. The number of ether oxygens (including phenoxy) is 1. The van der Waals surface area contributed by atoms with Crippen LogP contribution in [0.1, 0.15) is 0 Å². The third-order valence-corrected chi connectivity index (χ3v) is 1.30. The van der Waals surface area contributed by atoms with Crippen LogP contribution in [-0.4, -0.2) is 31.0 Å². The fraction of sp³-hybridized carbons (Fsp3) is 0.600. The Morgan fingerprint density at radius 2 is 2.40 bits per heavy atom. The second kappa shape index (κ2) is 5.10. The van der Waals surface area contributed by atoms with Crippen molar-refractivity contribution < 1.29 is 9.53 Å². The minimum atomic E-state index is -0.584. The maximum atomic E-state index is 10.4. The molecule has 0 aromatic rings. The molecule has 0 aromatic carbocycles. The van der Waals surface area contributed by atoms with E-state index in [0.29, 0.717) is 5.75 Å². The number of hydrogen-bond acceptors (Lipinski definition) is 4. The number of hydrogen-bond donors (Lipinski definition) is 2. The van der Waals surface area contributed by atoms with Gasteiger partial charge in [0.15, 0.2) is 0 Å². The molecule has 0 spiro atoms. The number of thioether (sulfide) groups is 1. The number of rotatable bonds is 2. The van der Waals surface area contributed by atoms with Crippen molar-refractivity contribution in [3.63, 3.8) is 0 Å². The molecule has 5 heteroatoms. The normalized spacial score (nSPS) is 8.60. The molecule has 58 valence electrons. The summed E-state index contributed by atoms with van der Waals surface area (Å²) in [5.74, 6) is 0.661. The van der Waals surface area contributed by atoms with Gasteiger partial charge >= 0.3 is 6.09 Å². The van der Waals surface area contributed by atoms with E-state index in [2.05, 4.69) is 10.1 Å². The van der Waals surface area contributed by atoms with E-state index >= 15 is 0 Å². The molecule has 10 heavy (non-hydrogen) atoms. The summed E-state index contributed by atoms with van der Waals surface area (Å²) in [7, 11) is 1.27. The van der Waals surface area contributed by atoms with Gasteiger partial charge in [-0.25, -0.2) is 4.79 Å². The van der Waals surface area contributed by atoms with Crippen LogP contribution in [0.25, 0.3) is 0 Å². The van der Waals surface area contributed by atoms with Crippen molar-refractivity contribution in [2.45, 2.75) is 0 Å². The van der Waals surface area contributed by atoms with Crippen LogP contribution in [0.15, 0.2) is 0 Å². The second-order valence-electron chi connectivity index (χ2n) is 1.53. The minimum absolute atomic E-state index is 0.166. The van der Waals surface area contributed by atoms with Crippen LogP contribution in [0, 0.1) is 5.41 Å². The average molecular weight is 162 g/mol. The Bertz CT molecular complexity index is 138. The highest BCUT2D eigenvalue weighted by Crippen LogP contribution is 1.89. The molecule has 0 unspecified atom stereocenters. The van der Waals surface area contributed by atoms with Crippen molar-refractivity contribution in [1.82, 2.24) is 5.32 Å². The molecular weight excluding hydrogens is 152 g/mol. The van der Waals surface area contributed by atoms with Gasteiger partial charge < -0.3 is 4.74 Å². The quantitative estimate of drug-likeness (QED) is 0.463. The Morgan fingerprint density at radius 3 is 2.80 bits per heavy atom. The van der Waals surface area contributed by atoms with E-state index in [0.717, 1.165) is 0 Å². The molecule has 0 fully saturated rings. The smallest absolute Gasteiger partial charge is 0.412 e. The topological polar surface area (TPSA) is 62.2 Å². The first kappa shape index (κ1) is 9.29. The van der Waals surface area contributed by atoms with Gasteiger partial charge in [0.1, 0.15) is 5.84 Å². The molecule has 4 nitrogen and oxygen atoms in total. The molecule has 2 N–H and O–H groups in total. The predicted octanol–water partition coefficient (Wildman–Crippen LogP) is 0.683. The number of nitrogens with one attached hydrogen (secondary N) is 2. The van der Waals surface area contributed by atoms with Gasteiger partial charge in [-0.05, 0) is 6.26 Å². The van der Waals surface area contributed by atoms with E-state index in [1.807, 2.05) is 6.26 Å². The van der Waals surface area contributed by atoms with Crippen molar-refractivity contribution in [3.05, 3.63) is 0 Å². The largest absolute Gasteiger partial charge is 0.453 e. The number of methoxy groups -OCH3 is 1. The van der Waals surface area contributed by atoms with E-state index < -0.39 is 6.09 Å². The summed E-state index contributed by atoms with van der Waals surface area (Å²) in [6, 6.07) is 0. The minimum Gasteiger partial charge on any atom is -0.453 e. The van der Waals surface area contributed by atoms with Gasteiger partial charge in [-0.15, -0.1) is 0 Å². The zero-order valence-electron chi connectivity index (χ0n) is 5.93. The third kappa shape index (κ3) is 4.20. The molecule has 0 radical (unpaired) electrons. The molecule has 0 saturated heterocycles. The van der Waals surface area contributed by atoms with Crippen molar-refractivity contribution in [2.75, 3.05) is 19.1 Å². The van der Waals surface area contributed by atoms with E-state index in [-0.39, 0.29) is 5.84 Å². The first-order valence-corrected chi connectivity index (χ1v) is 4.01. The molecule has 0 aliphatic carbocycles. The van der Waals surface area contributed by atoms with E-state index in [1.165, 1.54) is 18.9 Å². The number of alkyl carbamates (subject to hydrolysis) is 1. The van der Waals surface area contributed by atoms with E-state index in [1.54, 1.807) is 0 Å². The van der Waals surface area contributed by atoms with Gasteiger partial charge in [0, 0.05) is 0 Å². The summed E-state index contributed by atoms with van der Waals surface area (Å²) in [4.78, 5) is 10.4. The third-order valence-electron chi connectivity index (χ3n) is 0.727. The maximum absolute atomic E-state index is 10.4. The summed E-state index contributed by atoms with van der Waals surface area (Å²) in [6.07, 6.45) is 1.27. The van der Waals surface area contributed by atoms with Gasteiger partial charge in [0.05, 0.1) is 12.9 Å². The number of carbonyl (C=O) groups is 1. The Hall–Kier alpha value is -0.710. The SMILES string of the molecule is COC(=O)NC(=N)CSC. The van der Waals surface area contributed by atoms with Crippen LogP contribution in [0.4, 0.5) is 4.79 Å². The average Bonchev–Trinajstić information content (AvgIpc) is 1.88. The predicted molar refractivity (Wildman–Crippen MR) is 41.6 cm³/mol. The lowest BCUT2D eigenvalue weighted by atomic mass is 10.7. The molecule has 0 aromatic heterocycles. The molecule has 0 bridgehead atoms. The zero-order chi connectivity index (χ0) is 7.98. The van der Waals surface area contributed by atoms with Gasteiger partial charge in [-0.1, -0.05) is 0 Å². The lowest BCUT2D eigenvalue weighted by molar-refractivity contribution is 0.176. The first-order valence-electron chi connectivity index (χ1n) is 2.62. The molecule has 0 saturated carbocycles. The number of carbonyl (C=O) groups excluding carboxylic acids is 1. The summed E-state index contributed by atoms with van der Waals surface area (Å²) >= 11 is 1.47. The molecule has 0 atom stereocenters. The van der Waals surface area contributed by atoms with Crippen LogP contribution in [0.3, 0.4) is 0 Å². The monoisotopic (exact) mass is 162 g/mol. The molecule has 0 heterocycles. The maximum Gasteiger partial charge on any atom is 0.412 e. The molecule has 0 aliphatic rings. The Labute approximate surface area is 63.8 Å². The molecule has 0 aliphatic heterocycles. The molecule has 1 amide bonds. The first-order chi connectivity index (χ1) is 4.70. The highest BCUT2D eigenvalue weighted by molar-refractivity contribution is 7.99. The lowest BCUT2D eigenvalue weighted by Crippen LogP contribution is -2.30. The summed E-state index contributed by atoms with van der Waals surface area (Å²) in [5, 5.41) is 9.32. The van der Waals surface area contributed by atoms with Gasteiger partial charge in [-0.3, -0.25) is 10.7 Å². The van der Waals surface area contributed by atoms with Crippen LogP contribution < -0.4 is 5.32 Å². The second-order valence-corrected chi connectivity index (χ2v) is 2.39. The van der Waals surface area contributed by atoms with Crippen molar-refractivity contribution in [1.29, 1.82) is 5.41 Å². The fourth-order valence-electron chi connectivity index (χ4n) is 0.355. The van der Waals surface area contributed by atoms with Crippen LogP contribution in [0.2, 0.25) is 0 Å². The van der Waals surface area contributed by atoms with Crippen molar-refractivity contribution >= 4 is 23.7 Å². The summed E-state index contributed by atoms with van der Waals surface area (Å²) < 4.78 is 4.27. The van der Waals surface area contributed by atoms with Gasteiger partial charge in [0.2, 0.25) is 0 Å². The summed E-state index contributed by atoms with van der Waals surface area (Å²) in [5.41, 5.74) is 0. The fourth-order valence-corrected chi connectivity index (χ4v) is 0.715. The van der Waals surface area contributed by atoms with Gasteiger partial charge in [0.25, 0.3) is 0 Å². The molecule has 0 rings (SSSR count). The zero-order valence-corrected chi connectivity index (χ0v) is 6.75. The Morgan fingerprint density at radius 1 is 1.80 bits per heavy atom. The van der Waals surface area contributed by atoms with Gasteiger partial charge in [-0.2, -0.15) is 11.8 Å². The lowest BCUT2D eigenvalue weighted by Gasteiger charge is -2.01. The van der Waals surface area contributed by atoms with Crippen molar-refractivity contribution in [3.8, 4) is 0 Å². The highest BCUT2D eigenvalue weighted by Gasteiger charge is 2.00. The van der Waals surface area contributed by atoms with Crippen LogP contribution in [-0.2, 0) is 4.74 Å². The Kier molecular flexibility index (Phi) is 4.74. The van der Waals surface area contributed by atoms with Crippen LogP contribution in [0.5, 0.6) is 0 Å². The van der Waals surface area contributed by atoms with Crippen molar-refractivity contribution in [2.24, 2.45) is 0 Å². The van der Waals surface area contributed by atoms with E-state index in [9.17, 15) is 4.79 Å². The summed E-state index contributed by atoms with van der Waals surface area (Å²) in [6.45, 7) is 0. The number of amides is 1. The highest BCUT2D eigenvalue weighted by atomic mass is 32.2. The Balaban J connectivity index is 3.47. The standard InChI is InChI=1S/C5H10N2O2S/c1-9-5(8)7-4(6)3-10-2/h3H2,1-2H3,(H2,6,7,8). The molecular formula is C5H10N2O2S.